The van der Waals surface area contributed by atoms with Crippen LogP contribution in [0.3, 0.4) is 0 Å². The third kappa shape index (κ3) is 4.13. The quantitative estimate of drug-likeness (QED) is 0.453. The Balaban J connectivity index is 2.55. The SMILES string of the molecule is C=CCCCC(NCCC)C1(CC)CCCC1. The largest absolute Gasteiger partial charge is 0.313 e. The van der Waals surface area contributed by atoms with Crippen molar-refractivity contribution in [1.82, 2.24) is 5.32 Å². The Kier molecular flexibility index (Phi) is 6.87. The van der Waals surface area contributed by atoms with E-state index < -0.39 is 0 Å². The van der Waals surface area contributed by atoms with E-state index in [2.05, 4.69) is 31.8 Å². The van der Waals surface area contributed by atoms with Crippen molar-refractivity contribution in [3.63, 3.8) is 0 Å². The summed E-state index contributed by atoms with van der Waals surface area (Å²) in [4.78, 5) is 0. The van der Waals surface area contributed by atoms with Gasteiger partial charge in [-0.05, 0) is 56.9 Å². The maximum absolute atomic E-state index is 3.83. The Bertz CT molecular complexity index is 204. The first-order valence-corrected chi connectivity index (χ1v) is 7.63. The maximum Gasteiger partial charge on any atom is 0.0123 e. The lowest BCUT2D eigenvalue weighted by Gasteiger charge is -2.38. The molecule has 100 valence electrons. The van der Waals surface area contributed by atoms with Crippen LogP contribution in [0.5, 0.6) is 0 Å². The van der Waals surface area contributed by atoms with Crippen LogP contribution in [0.4, 0.5) is 0 Å². The summed E-state index contributed by atoms with van der Waals surface area (Å²) < 4.78 is 0. The zero-order valence-corrected chi connectivity index (χ0v) is 11.9. The van der Waals surface area contributed by atoms with Crippen LogP contribution in [0.2, 0.25) is 0 Å². The van der Waals surface area contributed by atoms with Gasteiger partial charge in [0.25, 0.3) is 0 Å². The molecule has 1 atom stereocenters. The molecule has 1 saturated carbocycles. The molecule has 0 bridgehead atoms. The zero-order chi connectivity index (χ0) is 12.6. The highest BCUT2D eigenvalue weighted by atomic mass is 14.9. The number of hydrogen-bond acceptors (Lipinski definition) is 1. The van der Waals surface area contributed by atoms with Crippen LogP contribution in [0.15, 0.2) is 12.7 Å². The molecular formula is C16H31N. The molecule has 0 aliphatic heterocycles. The van der Waals surface area contributed by atoms with E-state index in [1.807, 2.05) is 0 Å². The van der Waals surface area contributed by atoms with Crippen LogP contribution < -0.4 is 5.32 Å². The molecule has 1 unspecified atom stereocenters. The van der Waals surface area contributed by atoms with Gasteiger partial charge in [-0.1, -0.05) is 32.8 Å². The van der Waals surface area contributed by atoms with E-state index in [4.69, 9.17) is 0 Å². The first kappa shape index (κ1) is 14.8. The van der Waals surface area contributed by atoms with Crippen molar-refractivity contribution in [3.05, 3.63) is 12.7 Å². The Morgan fingerprint density at radius 3 is 2.53 bits per heavy atom. The number of unbranched alkanes of at least 4 members (excludes halogenated alkanes) is 1. The van der Waals surface area contributed by atoms with Crippen LogP contribution >= 0.6 is 0 Å². The predicted octanol–water partition coefficient (Wildman–Crippen LogP) is 4.68. The number of rotatable bonds is 9. The molecule has 0 radical (unpaired) electrons. The molecule has 0 saturated heterocycles. The average molecular weight is 237 g/mol. The van der Waals surface area contributed by atoms with E-state index >= 15 is 0 Å². The molecule has 0 aromatic rings. The second-order valence-corrected chi connectivity index (χ2v) is 5.65. The van der Waals surface area contributed by atoms with E-state index in [1.54, 1.807) is 0 Å². The summed E-state index contributed by atoms with van der Waals surface area (Å²) in [7, 11) is 0. The number of nitrogens with one attached hydrogen (secondary N) is 1. The molecule has 17 heavy (non-hydrogen) atoms. The average Bonchev–Trinajstić information content (AvgIpc) is 2.83. The Morgan fingerprint density at radius 2 is 2.00 bits per heavy atom. The van der Waals surface area contributed by atoms with E-state index in [-0.39, 0.29) is 0 Å². The first-order chi connectivity index (χ1) is 8.29. The van der Waals surface area contributed by atoms with Gasteiger partial charge in [0.1, 0.15) is 0 Å². The summed E-state index contributed by atoms with van der Waals surface area (Å²) >= 11 is 0. The van der Waals surface area contributed by atoms with Gasteiger partial charge < -0.3 is 5.32 Å². The van der Waals surface area contributed by atoms with Crippen LogP contribution in [-0.2, 0) is 0 Å². The molecular weight excluding hydrogens is 206 g/mol. The highest BCUT2D eigenvalue weighted by Gasteiger charge is 2.38. The van der Waals surface area contributed by atoms with E-state index in [0.717, 1.165) is 6.04 Å². The summed E-state index contributed by atoms with van der Waals surface area (Å²) in [5.41, 5.74) is 0.607. The lowest BCUT2D eigenvalue weighted by Crippen LogP contribution is -2.44. The van der Waals surface area contributed by atoms with Gasteiger partial charge in [0.05, 0.1) is 0 Å². The predicted molar refractivity (Wildman–Crippen MR) is 77.3 cm³/mol. The molecule has 0 spiro atoms. The fourth-order valence-electron chi connectivity index (χ4n) is 3.44. The number of allylic oxidation sites excluding steroid dienone is 1. The minimum absolute atomic E-state index is 0.607. The summed E-state index contributed by atoms with van der Waals surface area (Å²) in [6.45, 7) is 9.67. The Labute approximate surface area is 108 Å². The molecule has 1 rings (SSSR count). The molecule has 1 aliphatic rings. The van der Waals surface area contributed by atoms with Crippen LogP contribution in [0.1, 0.15) is 71.6 Å². The topological polar surface area (TPSA) is 12.0 Å². The lowest BCUT2D eigenvalue weighted by atomic mass is 9.74. The van der Waals surface area contributed by atoms with Crippen molar-refractivity contribution in [2.75, 3.05) is 6.54 Å². The highest BCUT2D eigenvalue weighted by Crippen LogP contribution is 2.45. The van der Waals surface area contributed by atoms with Crippen LogP contribution in [0, 0.1) is 5.41 Å². The highest BCUT2D eigenvalue weighted by molar-refractivity contribution is 4.94. The van der Waals surface area contributed by atoms with Crippen LogP contribution in [0.25, 0.3) is 0 Å². The molecule has 0 heterocycles. The van der Waals surface area contributed by atoms with E-state index in [9.17, 15) is 0 Å². The van der Waals surface area contributed by atoms with Gasteiger partial charge in [-0.3, -0.25) is 0 Å². The second-order valence-electron chi connectivity index (χ2n) is 5.65. The van der Waals surface area contributed by atoms with Crippen molar-refractivity contribution in [2.24, 2.45) is 5.41 Å². The minimum Gasteiger partial charge on any atom is -0.313 e. The van der Waals surface area contributed by atoms with Crippen molar-refractivity contribution in [1.29, 1.82) is 0 Å². The van der Waals surface area contributed by atoms with Crippen molar-refractivity contribution in [2.45, 2.75) is 77.7 Å². The molecule has 1 aliphatic carbocycles. The summed E-state index contributed by atoms with van der Waals surface area (Å²) in [6, 6.07) is 0.745. The van der Waals surface area contributed by atoms with Crippen molar-refractivity contribution >= 4 is 0 Å². The minimum atomic E-state index is 0.607. The van der Waals surface area contributed by atoms with E-state index in [0.29, 0.717) is 5.41 Å². The van der Waals surface area contributed by atoms with Gasteiger partial charge in [0, 0.05) is 6.04 Å². The molecule has 0 amide bonds. The first-order valence-electron chi connectivity index (χ1n) is 7.63. The molecule has 0 aromatic heterocycles. The Morgan fingerprint density at radius 1 is 1.29 bits per heavy atom. The van der Waals surface area contributed by atoms with Crippen molar-refractivity contribution < 1.29 is 0 Å². The fourth-order valence-corrected chi connectivity index (χ4v) is 3.44. The summed E-state index contributed by atoms with van der Waals surface area (Å²) in [6.07, 6.45) is 14.2. The van der Waals surface area contributed by atoms with Crippen molar-refractivity contribution in [3.8, 4) is 0 Å². The maximum atomic E-state index is 3.83. The third-order valence-electron chi connectivity index (χ3n) is 4.58. The number of hydrogen-bond donors (Lipinski definition) is 1. The van der Waals surface area contributed by atoms with E-state index in [1.165, 1.54) is 64.3 Å². The van der Waals surface area contributed by atoms with Gasteiger partial charge in [-0.15, -0.1) is 6.58 Å². The molecule has 1 heteroatoms. The molecule has 0 aromatic carbocycles. The fraction of sp³-hybridized carbons (Fsp3) is 0.875. The second kappa shape index (κ2) is 7.92. The van der Waals surface area contributed by atoms with Crippen LogP contribution in [-0.4, -0.2) is 12.6 Å². The summed E-state index contributed by atoms with van der Waals surface area (Å²) in [5.74, 6) is 0. The third-order valence-corrected chi connectivity index (χ3v) is 4.58. The molecule has 1 nitrogen and oxygen atoms in total. The van der Waals surface area contributed by atoms with Gasteiger partial charge in [0.15, 0.2) is 0 Å². The zero-order valence-electron chi connectivity index (χ0n) is 11.9. The van der Waals surface area contributed by atoms with Gasteiger partial charge in [-0.25, -0.2) is 0 Å². The molecule has 1 N–H and O–H groups in total. The van der Waals surface area contributed by atoms with Gasteiger partial charge in [0.2, 0.25) is 0 Å². The molecule has 1 fully saturated rings. The summed E-state index contributed by atoms with van der Waals surface area (Å²) in [5, 5.41) is 3.83. The standard InChI is InChI=1S/C16H31N/c1-4-7-8-11-15(17-14-5-2)16(6-3)12-9-10-13-16/h4,15,17H,1,5-14H2,2-3H3. The van der Waals surface area contributed by atoms with Gasteiger partial charge >= 0.3 is 0 Å². The smallest absolute Gasteiger partial charge is 0.0123 e. The normalized spacial score (nSPS) is 20.4. The lowest BCUT2D eigenvalue weighted by molar-refractivity contribution is 0.175. The monoisotopic (exact) mass is 237 g/mol. The van der Waals surface area contributed by atoms with Gasteiger partial charge in [-0.2, -0.15) is 0 Å². The Hall–Kier alpha value is -0.300.